The van der Waals surface area contributed by atoms with Gasteiger partial charge in [-0.1, -0.05) is 28.9 Å². The normalized spacial score (nSPS) is 17.8. The molecule has 1 aliphatic rings. The summed E-state index contributed by atoms with van der Waals surface area (Å²) in [7, 11) is 1.95. The van der Waals surface area contributed by atoms with E-state index in [2.05, 4.69) is 20.3 Å². The third kappa shape index (κ3) is 2.59. The van der Waals surface area contributed by atoms with E-state index in [0.717, 1.165) is 42.4 Å². The molecule has 0 amide bonds. The van der Waals surface area contributed by atoms with Gasteiger partial charge in [-0.25, -0.2) is 0 Å². The molecule has 3 aromatic rings. The van der Waals surface area contributed by atoms with Crippen molar-refractivity contribution < 1.29 is 4.52 Å². The van der Waals surface area contributed by atoms with Crippen molar-refractivity contribution in [1.29, 1.82) is 0 Å². The topological polar surface area (TPSA) is 60.0 Å². The number of benzene rings is 1. The van der Waals surface area contributed by atoms with E-state index < -0.39 is 0 Å². The molecule has 1 atom stereocenters. The smallest absolute Gasteiger partial charge is 0.227 e. The molecule has 1 unspecified atom stereocenters. The lowest BCUT2D eigenvalue weighted by atomic mass is 10.1. The first-order valence-corrected chi connectivity index (χ1v) is 7.93. The average molecular weight is 330 g/mol. The van der Waals surface area contributed by atoms with Crippen molar-refractivity contribution in [2.75, 3.05) is 11.4 Å². The predicted octanol–water partition coefficient (Wildman–Crippen LogP) is 3.47. The van der Waals surface area contributed by atoms with Crippen molar-refractivity contribution in [3.05, 3.63) is 47.4 Å². The highest BCUT2D eigenvalue weighted by Crippen LogP contribution is 2.36. The summed E-state index contributed by atoms with van der Waals surface area (Å²) in [6, 6.07) is 9.74. The third-order valence-electron chi connectivity index (χ3n) is 4.18. The molecule has 0 bridgehead atoms. The summed E-state index contributed by atoms with van der Waals surface area (Å²) in [5, 5.41) is 13.1. The molecular formula is C16H16ClN5O. The minimum Gasteiger partial charge on any atom is -0.356 e. The predicted molar refractivity (Wildman–Crippen MR) is 87.3 cm³/mol. The molecule has 0 saturated carbocycles. The Hall–Kier alpha value is -2.34. The van der Waals surface area contributed by atoms with Gasteiger partial charge >= 0.3 is 0 Å². The Balaban J connectivity index is 1.65. The summed E-state index contributed by atoms with van der Waals surface area (Å²) < 4.78 is 7.46. The minimum absolute atomic E-state index is 0.162. The van der Waals surface area contributed by atoms with Gasteiger partial charge in [-0.3, -0.25) is 0 Å². The monoisotopic (exact) mass is 329 g/mol. The van der Waals surface area contributed by atoms with Crippen molar-refractivity contribution in [3.8, 4) is 11.3 Å². The lowest BCUT2D eigenvalue weighted by Crippen LogP contribution is -2.25. The number of halogens is 1. The van der Waals surface area contributed by atoms with Crippen LogP contribution in [0.1, 0.15) is 24.6 Å². The van der Waals surface area contributed by atoms with Crippen LogP contribution < -0.4 is 4.90 Å². The molecule has 0 spiro atoms. The molecule has 0 N–H and O–H groups in total. The Bertz CT molecular complexity index is 827. The summed E-state index contributed by atoms with van der Waals surface area (Å²) in [6.07, 6.45) is 3.83. The number of hydrogen-bond donors (Lipinski definition) is 0. The van der Waals surface area contributed by atoms with Crippen LogP contribution in [0.25, 0.3) is 11.3 Å². The van der Waals surface area contributed by atoms with E-state index >= 15 is 0 Å². The molecule has 6 nitrogen and oxygen atoms in total. The first-order chi connectivity index (χ1) is 11.2. The second-order valence-corrected chi connectivity index (χ2v) is 6.16. The zero-order valence-electron chi connectivity index (χ0n) is 12.7. The number of rotatable bonds is 3. The molecule has 1 aliphatic heterocycles. The van der Waals surface area contributed by atoms with Crippen LogP contribution in [0.5, 0.6) is 0 Å². The van der Waals surface area contributed by atoms with Crippen molar-refractivity contribution >= 4 is 17.5 Å². The Morgan fingerprint density at radius 3 is 3.00 bits per heavy atom. The molecule has 23 heavy (non-hydrogen) atoms. The van der Waals surface area contributed by atoms with Crippen LogP contribution in [0.2, 0.25) is 5.02 Å². The van der Waals surface area contributed by atoms with Gasteiger partial charge in [0, 0.05) is 30.2 Å². The number of nitrogens with zero attached hydrogens (tertiary/aromatic N) is 5. The van der Waals surface area contributed by atoms with Crippen molar-refractivity contribution in [2.45, 2.75) is 18.9 Å². The maximum absolute atomic E-state index is 6.05. The first kappa shape index (κ1) is 14.3. The molecule has 0 aliphatic carbocycles. The highest BCUT2D eigenvalue weighted by atomic mass is 35.5. The fourth-order valence-electron chi connectivity index (χ4n) is 3.07. The van der Waals surface area contributed by atoms with E-state index in [1.54, 1.807) is 6.33 Å². The largest absolute Gasteiger partial charge is 0.356 e. The van der Waals surface area contributed by atoms with E-state index in [1.807, 2.05) is 41.9 Å². The van der Waals surface area contributed by atoms with Gasteiger partial charge in [0.25, 0.3) is 0 Å². The standard InChI is InChI=1S/C16H16ClN5O/c1-21-10-18-19-16(21)22-7-3-6-14(22)13-9-15(23-20-13)11-4-2-5-12(17)8-11/h2,4-5,8-10,14H,3,6-7H2,1H3. The Morgan fingerprint density at radius 1 is 1.30 bits per heavy atom. The van der Waals surface area contributed by atoms with Crippen LogP contribution in [-0.4, -0.2) is 26.5 Å². The Labute approximate surface area is 138 Å². The van der Waals surface area contributed by atoms with Crippen molar-refractivity contribution in [3.63, 3.8) is 0 Å². The molecule has 4 rings (SSSR count). The van der Waals surface area contributed by atoms with Gasteiger partial charge in [0.1, 0.15) is 12.0 Å². The van der Waals surface area contributed by atoms with Crippen LogP contribution in [0.3, 0.4) is 0 Å². The number of aryl methyl sites for hydroxylation is 1. The molecule has 2 aromatic heterocycles. The third-order valence-corrected chi connectivity index (χ3v) is 4.41. The fourth-order valence-corrected chi connectivity index (χ4v) is 3.26. The lowest BCUT2D eigenvalue weighted by Gasteiger charge is -2.22. The maximum atomic E-state index is 6.05. The van der Waals surface area contributed by atoms with E-state index in [4.69, 9.17) is 16.1 Å². The summed E-state index contributed by atoms with van der Waals surface area (Å²) in [5.41, 5.74) is 1.85. The molecule has 1 saturated heterocycles. The summed E-state index contributed by atoms with van der Waals surface area (Å²) in [5.74, 6) is 1.59. The minimum atomic E-state index is 0.162. The molecule has 7 heteroatoms. The Kier molecular flexibility index (Phi) is 3.53. The van der Waals surface area contributed by atoms with E-state index in [-0.39, 0.29) is 6.04 Å². The van der Waals surface area contributed by atoms with Gasteiger partial charge < -0.3 is 14.0 Å². The van der Waals surface area contributed by atoms with Gasteiger partial charge in [0.2, 0.25) is 5.95 Å². The van der Waals surface area contributed by atoms with E-state index in [1.165, 1.54) is 0 Å². The molecule has 3 heterocycles. The van der Waals surface area contributed by atoms with E-state index in [0.29, 0.717) is 5.02 Å². The first-order valence-electron chi connectivity index (χ1n) is 7.55. The van der Waals surface area contributed by atoms with Gasteiger partial charge in [-0.15, -0.1) is 10.2 Å². The summed E-state index contributed by atoms with van der Waals surface area (Å²) in [4.78, 5) is 2.23. The quantitative estimate of drug-likeness (QED) is 0.736. The lowest BCUT2D eigenvalue weighted by molar-refractivity contribution is 0.416. The zero-order chi connectivity index (χ0) is 15.8. The summed E-state index contributed by atoms with van der Waals surface area (Å²) >= 11 is 6.05. The number of hydrogen-bond acceptors (Lipinski definition) is 5. The molecule has 1 fully saturated rings. The molecule has 0 radical (unpaired) electrons. The van der Waals surface area contributed by atoms with Gasteiger partial charge in [0.15, 0.2) is 5.76 Å². The zero-order valence-corrected chi connectivity index (χ0v) is 13.4. The van der Waals surface area contributed by atoms with Crippen LogP contribution in [0.4, 0.5) is 5.95 Å². The number of aromatic nitrogens is 4. The highest BCUT2D eigenvalue weighted by Gasteiger charge is 2.31. The van der Waals surface area contributed by atoms with Crippen molar-refractivity contribution in [1.82, 2.24) is 19.9 Å². The SMILES string of the molecule is Cn1cnnc1N1CCCC1c1cc(-c2cccc(Cl)c2)on1. The second kappa shape index (κ2) is 5.70. The van der Waals surface area contributed by atoms with Crippen molar-refractivity contribution in [2.24, 2.45) is 7.05 Å². The van der Waals surface area contributed by atoms with Gasteiger partial charge in [-0.05, 0) is 25.0 Å². The highest BCUT2D eigenvalue weighted by molar-refractivity contribution is 6.30. The Morgan fingerprint density at radius 2 is 2.22 bits per heavy atom. The second-order valence-electron chi connectivity index (χ2n) is 5.72. The van der Waals surface area contributed by atoms with Crippen LogP contribution in [0.15, 0.2) is 41.2 Å². The van der Waals surface area contributed by atoms with Gasteiger partial charge in [-0.2, -0.15) is 0 Å². The van der Waals surface area contributed by atoms with Crippen LogP contribution in [0, 0.1) is 0 Å². The van der Waals surface area contributed by atoms with E-state index in [9.17, 15) is 0 Å². The maximum Gasteiger partial charge on any atom is 0.227 e. The van der Waals surface area contributed by atoms with Gasteiger partial charge in [0.05, 0.1) is 6.04 Å². The number of anilines is 1. The van der Waals surface area contributed by atoms with Crippen LogP contribution in [-0.2, 0) is 7.05 Å². The van der Waals surface area contributed by atoms with Crippen LogP contribution >= 0.6 is 11.6 Å². The summed E-state index contributed by atoms with van der Waals surface area (Å²) in [6.45, 7) is 0.941. The molecule has 1 aromatic carbocycles. The average Bonchev–Trinajstić information content (AvgIpc) is 3.26. The fraction of sp³-hybridized carbons (Fsp3) is 0.312. The molecular weight excluding hydrogens is 314 g/mol. The molecule has 118 valence electrons.